The Morgan fingerprint density at radius 1 is 1.36 bits per heavy atom. The van der Waals surface area contributed by atoms with Crippen molar-refractivity contribution in [3.8, 4) is 17.3 Å². The SMILES string of the molecule is C/C(P)=C/CC(c1cccc(C#N)c1)n1cc(-c2ncnc3[nH]ccc23)cn1. The van der Waals surface area contributed by atoms with Gasteiger partial charge in [0, 0.05) is 23.3 Å². The van der Waals surface area contributed by atoms with Gasteiger partial charge in [0.25, 0.3) is 0 Å². The van der Waals surface area contributed by atoms with E-state index in [4.69, 9.17) is 0 Å². The van der Waals surface area contributed by atoms with E-state index in [1.165, 1.54) is 5.31 Å². The van der Waals surface area contributed by atoms with E-state index in [1.807, 2.05) is 60.5 Å². The van der Waals surface area contributed by atoms with Crippen LogP contribution in [0.2, 0.25) is 0 Å². The highest BCUT2D eigenvalue weighted by Gasteiger charge is 2.17. The van der Waals surface area contributed by atoms with Crippen molar-refractivity contribution < 1.29 is 0 Å². The third-order valence-electron chi connectivity index (χ3n) is 4.61. The second-order valence-electron chi connectivity index (χ2n) is 6.61. The summed E-state index contributed by atoms with van der Waals surface area (Å²) in [5.41, 5.74) is 4.27. The molecule has 7 heteroatoms. The lowest BCUT2D eigenvalue weighted by Crippen LogP contribution is -2.11. The van der Waals surface area contributed by atoms with Gasteiger partial charge >= 0.3 is 0 Å². The number of hydrogen-bond acceptors (Lipinski definition) is 4. The molecule has 0 saturated carbocycles. The Labute approximate surface area is 165 Å². The molecule has 0 aliphatic heterocycles. The summed E-state index contributed by atoms with van der Waals surface area (Å²) in [6.07, 6.45) is 10.2. The van der Waals surface area contributed by atoms with Crippen molar-refractivity contribution in [2.45, 2.75) is 19.4 Å². The lowest BCUT2D eigenvalue weighted by atomic mass is 10.0. The number of hydrogen-bond donors (Lipinski definition) is 1. The number of H-pyrrole nitrogens is 1. The largest absolute Gasteiger partial charge is 0.346 e. The van der Waals surface area contributed by atoms with Crippen molar-refractivity contribution in [1.29, 1.82) is 5.26 Å². The van der Waals surface area contributed by atoms with Gasteiger partial charge in [0.05, 0.1) is 29.6 Å². The van der Waals surface area contributed by atoms with Gasteiger partial charge in [-0.3, -0.25) is 4.68 Å². The molecule has 4 rings (SSSR count). The molecule has 6 nitrogen and oxygen atoms in total. The molecule has 3 aromatic heterocycles. The van der Waals surface area contributed by atoms with Crippen molar-refractivity contribution in [1.82, 2.24) is 24.7 Å². The third-order valence-corrected chi connectivity index (χ3v) is 4.85. The molecule has 1 N–H and O–H groups in total. The van der Waals surface area contributed by atoms with Crippen LogP contribution in [0.1, 0.15) is 30.5 Å². The number of aromatic amines is 1. The second kappa shape index (κ2) is 7.75. The van der Waals surface area contributed by atoms with E-state index in [0.29, 0.717) is 5.56 Å². The maximum atomic E-state index is 9.26. The Balaban J connectivity index is 1.76. The van der Waals surface area contributed by atoms with Gasteiger partial charge in [-0.2, -0.15) is 10.4 Å². The first kappa shape index (κ1) is 18.1. The molecule has 28 heavy (non-hydrogen) atoms. The van der Waals surface area contributed by atoms with Crippen LogP contribution in [0.5, 0.6) is 0 Å². The zero-order valence-electron chi connectivity index (χ0n) is 15.4. The van der Waals surface area contributed by atoms with Gasteiger partial charge in [0.2, 0.25) is 0 Å². The molecule has 138 valence electrons. The number of aromatic nitrogens is 5. The fraction of sp³-hybridized carbons (Fsp3) is 0.143. The summed E-state index contributed by atoms with van der Waals surface area (Å²) in [5, 5.41) is 16.0. The summed E-state index contributed by atoms with van der Waals surface area (Å²) in [7, 11) is 2.71. The van der Waals surface area contributed by atoms with Crippen LogP contribution in [-0.4, -0.2) is 24.7 Å². The minimum absolute atomic E-state index is 0.0129. The van der Waals surface area contributed by atoms with Crippen LogP contribution >= 0.6 is 9.24 Å². The summed E-state index contributed by atoms with van der Waals surface area (Å²) in [6.45, 7) is 2.05. The molecule has 0 spiro atoms. The maximum Gasteiger partial charge on any atom is 0.141 e. The molecule has 0 bridgehead atoms. The van der Waals surface area contributed by atoms with E-state index >= 15 is 0 Å². The molecule has 0 amide bonds. The standard InChI is InChI=1S/C21H19N6P/c1-14(28)5-6-19(16-4-2-3-15(9-16)10-22)27-12-17(11-26-27)20-18-7-8-23-21(18)25-13-24-20/h2-5,7-9,11-13,19H,6,28H2,1H3,(H,23,24,25)/b14-5-. The van der Waals surface area contributed by atoms with Gasteiger partial charge in [-0.1, -0.05) is 23.5 Å². The molecule has 0 saturated heterocycles. The van der Waals surface area contributed by atoms with Crippen LogP contribution < -0.4 is 0 Å². The topological polar surface area (TPSA) is 83.2 Å². The Hall–Kier alpha value is -3.29. The number of rotatable bonds is 5. The smallest absolute Gasteiger partial charge is 0.141 e. The average molecular weight is 386 g/mol. The summed E-state index contributed by atoms with van der Waals surface area (Å²) >= 11 is 0. The number of allylic oxidation sites excluding steroid dienone is 2. The first-order valence-electron chi connectivity index (χ1n) is 8.90. The van der Waals surface area contributed by atoms with Crippen molar-refractivity contribution >= 4 is 20.3 Å². The zero-order chi connectivity index (χ0) is 19.5. The molecule has 3 heterocycles. The molecule has 1 aromatic carbocycles. The number of benzene rings is 1. The second-order valence-corrected chi connectivity index (χ2v) is 7.52. The molecule has 2 atom stereocenters. The molecule has 0 fully saturated rings. The maximum absolute atomic E-state index is 9.26. The summed E-state index contributed by atoms with van der Waals surface area (Å²) in [6, 6.07) is 11.9. The molecule has 4 aromatic rings. The monoisotopic (exact) mass is 386 g/mol. The Bertz CT molecular complexity index is 1190. The van der Waals surface area contributed by atoms with E-state index in [1.54, 1.807) is 6.33 Å². The fourth-order valence-electron chi connectivity index (χ4n) is 3.24. The van der Waals surface area contributed by atoms with Crippen LogP contribution in [0.25, 0.3) is 22.3 Å². The molecule has 2 unspecified atom stereocenters. The number of nitrogens with zero attached hydrogens (tertiary/aromatic N) is 5. The first-order valence-corrected chi connectivity index (χ1v) is 9.48. The quantitative estimate of drug-likeness (QED) is 0.514. The minimum Gasteiger partial charge on any atom is -0.346 e. The highest BCUT2D eigenvalue weighted by molar-refractivity contribution is 7.22. The van der Waals surface area contributed by atoms with Crippen LogP contribution in [0.3, 0.4) is 0 Å². The lowest BCUT2D eigenvalue weighted by molar-refractivity contribution is 0.528. The van der Waals surface area contributed by atoms with Crippen molar-refractivity contribution in [3.63, 3.8) is 0 Å². The van der Waals surface area contributed by atoms with Crippen LogP contribution in [-0.2, 0) is 0 Å². The van der Waals surface area contributed by atoms with Crippen LogP contribution in [0, 0.1) is 11.3 Å². The van der Waals surface area contributed by atoms with Crippen molar-refractivity contribution in [2.24, 2.45) is 0 Å². The Morgan fingerprint density at radius 3 is 3.07 bits per heavy atom. The normalized spacial score (nSPS) is 12.8. The van der Waals surface area contributed by atoms with E-state index in [-0.39, 0.29) is 6.04 Å². The van der Waals surface area contributed by atoms with Crippen LogP contribution in [0.15, 0.2) is 66.6 Å². The molecule has 0 radical (unpaired) electrons. The Morgan fingerprint density at radius 2 is 2.25 bits per heavy atom. The van der Waals surface area contributed by atoms with Gasteiger partial charge in [0.1, 0.15) is 12.0 Å². The fourth-order valence-corrected chi connectivity index (χ4v) is 3.38. The van der Waals surface area contributed by atoms with Gasteiger partial charge in [-0.05, 0) is 37.1 Å². The van der Waals surface area contributed by atoms with Crippen molar-refractivity contribution in [2.75, 3.05) is 0 Å². The molecular weight excluding hydrogens is 367 g/mol. The van der Waals surface area contributed by atoms with Gasteiger partial charge in [0.15, 0.2) is 0 Å². The zero-order valence-corrected chi connectivity index (χ0v) is 16.5. The summed E-state index contributed by atoms with van der Waals surface area (Å²) in [4.78, 5) is 11.8. The third kappa shape index (κ3) is 3.58. The molecular formula is C21H19N6P. The van der Waals surface area contributed by atoms with E-state index in [9.17, 15) is 5.26 Å². The number of fused-ring (bicyclic) bond motifs is 1. The Kier molecular flexibility index (Phi) is 5.01. The van der Waals surface area contributed by atoms with Gasteiger partial charge < -0.3 is 4.98 Å². The van der Waals surface area contributed by atoms with Crippen molar-refractivity contribution in [3.05, 3.63) is 77.8 Å². The minimum atomic E-state index is -0.0129. The predicted molar refractivity (Wildman–Crippen MR) is 112 cm³/mol. The predicted octanol–water partition coefficient (Wildman–Crippen LogP) is 4.45. The highest BCUT2D eigenvalue weighted by atomic mass is 31.0. The summed E-state index contributed by atoms with van der Waals surface area (Å²) in [5.74, 6) is 0. The van der Waals surface area contributed by atoms with E-state index in [0.717, 1.165) is 34.3 Å². The van der Waals surface area contributed by atoms with Gasteiger partial charge in [-0.15, -0.1) is 9.24 Å². The average Bonchev–Trinajstić information content (AvgIpc) is 3.37. The number of nitrogens with one attached hydrogen (secondary N) is 1. The van der Waals surface area contributed by atoms with E-state index < -0.39 is 0 Å². The lowest BCUT2D eigenvalue weighted by Gasteiger charge is -2.17. The van der Waals surface area contributed by atoms with Crippen LogP contribution in [0.4, 0.5) is 0 Å². The summed E-state index contributed by atoms with van der Waals surface area (Å²) < 4.78 is 1.94. The number of nitriles is 1. The first-order chi connectivity index (χ1) is 13.7. The molecule has 0 aliphatic carbocycles. The van der Waals surface area contributed by atoms with Gasteiger partial charge in [-0.25, -0.2) is 9.97 Å². The molecule has 0 aliphatic rings. The highest BCUT2D eigenvalue weighted by Crippen LogP contribution is 2.29. The van der Waals surface area contributed by atoms with E-state index in [2.05, 4.69) is 41.4 Å².